The first kappa shape index (κ1) is 13.9. The monoisotopic (exact) mass is 277 g/mol. The topological polar surface area (TPSA) is 82.0 Å². The first-order valence-electron chi connectivity index (χ1n) is 5.93. The minimum absolute atomic E-state index is 0.235. The molecule has 2 rings (SSSR count). The highest BCUT2D eigenvalue weighted by atomic mass is 16.5. The van der Waals surface area contributed by atoms with Crippen LogP contribution in [0, 0.1) is 0 Å². The Hall–Kier alpha value is -2.50. The summed E-state index contributed by atoms with van der Waals surface area (Å²) in [6.45, 7) is 0. The van der Waals surface area contributed by atoms with E-state index in [0.29, 0.717) is 28.5 Å². The molecular formula is C14H15NO5. The van der Waals surface area contributed by atoms with E-state index in [1.165, 1.54) is 14.2 Å². The molecule has 20 heavy (non-hydrogen) atoms. The normalized spacial score (nSPS) is 10.3. The fourth-order valence-electron chi connectivity index (χ4n) is 2.04. The lowest BCUT2D eigenvalue weighted by atomic mass is 10.1. The molecule has 0 aliphatic heterocycles. The number of carboxylic acids is 1. The van der Waals surface area contributed by atoms with Gasteiger partial charge in [-0.3, -0.25) is 0 Å². The standard InChI is InChI=1S/C14H15NO5/c1-18-9-6-10-11(19-2)4-8(5-13(16)17)15-14(10)12(7-9)20-3/h4,6-7H,5H2,1-3H3,(H,16,17). The van der Waals surface area contributed by atoms with Gasteiger partial charge in [0.15, 0.2) is 11.4 Å². The van der Waals surface area contributed by atoms with Crippen LogP contribution in [-0.2, 0) is 11.2 Å². The summed E-state index contributed by atoms with van der Waals surface area (Å²) >= 11 is 0. The summed E-state index contributed by atoms with van der Waals surface area (Å²) in [4.78, 5) is 13.8. The second-order valence-corrected chi connectivity index (χ2v) is 4.16. The number of H-pyrrole nitrogens is 1. The third kappa shape index (κ3) is 2.59. The number of aromatic amines is 1. The van der Waals surface area contributed by atoms with Crippen molar-refractivity contribution in [2.75, 3.05) is 21.3 Å². The van der Waals surface area contributed by atoms with Crippen molar-refractivity contribution >= 4 is 16.9 Å². The van der Waals surface area contributed by atoms with Gasteiger partial charge in [0.05, 0.1) is 39.1 Å². The number of carbonyl (C=O) groups excluding carboxylic acids is 1. The maximum absolute atomic E-state index is 10.7. The molecule has 6 nitrogen and oxygen atoms in total. The molecule has 6 heteroatoms. The summed E-state index contributed by atoms with van der Waals surface area (Å²) in [5.74, 6) is 0.522. The average Bonchev–Trinajstić information content (AvgIpc) is 2.44. The van der Waals surface area contributed by atoms with Gasteiger partial charge < -0.3 is 24.1 Å². The van der Waals surface area contributed by atoms with Crippen molar-refractivity contribution < 1.29 is 29.1 Å². The molecule has 0 atom stereocenters. The number of carbonyl (C=O) groups is 1. The van der Waals surface area contributed by atoms with Crippen LogP contribution in [0.4, 0.5) is 0 Å². The number of aliphatic carboxylic acids is 1. The summed E-state index contributed by atoms with van der Waals surface area (Å²) in [5, 5.41) is 11.5. The Morgan fingerprint density at radius 2 is 1.80 bits per heavy atom. The summed E-state index contributed by atoms with van der Waals surface area (Å²) in [6, 6.07) is 5.12. The minimum atomic E-state index is -1.17. The molecule has 0 aliphatic rings. The van der Waals surface area contributed by atoms with E-state index < -0.39 is 5.97 Å². The second kappa shape index (κ2) is 5.64. The zero-order valence-electron chi connectivity index (χ0n) is 11.5. The van der Waals surface area contributed by atoms with Gasteiger partial charge >= 0.3 is 0 Å². The zero-order valence-corrected chi connectivity index (χ0v) is 11.5. The SMILES string of the molecule is COc1cc(OC)c2[nH+]c(CC(=O)[O-])cc(OC)c2c1. The summed E-state index contributed by atoms with van der Waals surface area (Å²) < 4.78 is 15.8. The molecule has 0 spiro atoms. The van der Waals surface area contributed by atoms with E-state index in [1.807, 2.05) is 0 Å². The first-order valence-corrected chi connectivity index (χ1v) is 5.93. The van der Waals surface area contributed by atoms with Crippen molar-refractivity contribution in [2.24, 2.45) is 0 Å². The van der Waals surface area contributed by atoms with E-state index in [4.69, 9.17) is 14.2 Å². The number of pyridine rings is 1. The van der Waals surface area contributed by atoms with Crippen LogP contribution in [0.2, 0.25) is 0 Å². The Labute approximate surface area is 115 Å². The molecule has 0 amide bonds. The van der Waals surface area contributed by atoms with Crippen LogP contribution in [0.1, 0.15) is 5.69 Å². The van der Waals surface area contributed by atoms with Gasteiger partial charge in [-0.05, 0) is 6.07 Å². The minimum Gasteiger partial charge on any atom is -0.550 e. The molecule has 1 aromatic carbocycles. The number of fused-ring (bicyclic) bond motifs is 1. The van der Waals surface area contributed by atoms with Gasteiger partial charge in [-0.2, -0.15) is 0 Å². The van der Waals surface area contributed by atoms with Gasteiger partial charge in [0, 0.05) is 12.1 Å². The van der Waals surface area contributed by atoms with Crippen LogP contribution >= 0.6 is 0 Å². The number of benzene rings is 1. The van der Waals surface area contributed by atoms with E-state index in [1.54, 1.807) is 25.3 Å². The van der Waals surface area contributed by atoms with Crippen LogP contribution in [0.25, 0.3) is 10.9 Å². The van der Waals surface area contributed by atoms with Gasteiger partial charge in [-0.1, -0.05) is 0 Å². The smallest absolute Gasteiger partial charge is 0.257 e. The van der Waals surface area contributed by atoms with Crippen molar-refractivity contribution in [3.8, 4) is 17.2 Å². The number of hydrogen-bond acceptors (Lipinski definition) is 5. The fraction of sp³-hybridized carbons (Fsp3) is 0.286. The maximum Gasteiger partial charge on any atom is 0.257 e. The molecule has 0 radical (unpaired) electrons. The molecule has 106 valence electrons. The number of methoxy groups -OCH3 is 3. The molecule has 0 fully saturated rings. The summed E-state index contributed by atoms with van der Waals surface area (Å²) in [5.41, 5.74) is 1.11. The third-order valence-electron chi connectivity index (χ3n) is 2.94. The van der Waals surface area contributed by atoms with Crippen LogP contribution in [0.15, 0.2) is 18.2 Å². The quantitative estimate of drug-likeness (QED) is 0.766. The van der Waals surface area contributed by atoms with E-state index in [0.717, 1.165) is 5.39 Å². The highest BCUT2D eigenvalue weighted by Crippen LogP contribution is 2.33. The maximum atomic E-state index is 10.7. The number of aromatic nitrogens is 1. The Morgan fingerprint density at radius 1 is 1.10 bits per heavy atom. The molecule has 0 bridgehead atoms. The van der Waals surface area contributed by atoms with Crippen molar-refractivity contribution in [1.82, 2.24) is 0 Å². The van der Waals surface area contributed by atoms with E-state index in [-0.39, 0.29) is 6.42 Å². The van der Waals surface area contributed by atoms with Gasteiger partial charge in [0.2, 0.25) is 0 Å². The van der Waals surface area contributed by atoms with Crippen molar-refractivity contribution in [3.05, 3.63) is 23.9 Å². The molecular weight excluding hydrogens is 262 g/mol. The van der Waals surface area contributed by atoms with Crippen molar-refractivity contribution in [2.45, 2.75) is 6.42 Å². The Kier molecular flexibility index (Phi) is 3.93. The summed E-state index contributed by atoms with van der Waals surface area (Å²) in [6.07, 6.45) is -0.235. The van der Waals surface area contributed by atoms with Crippen LogP contribution in [0.3, 0.4) is 0 Å². The van der Waals surface area contributed by atoms with E-state index >= 15 is 0 Å². The third-order valence-corrected chi connectivity index (χ3v) is 2.94. The highest BCUT2D eigenvalue weighted by molar-refractivity contribution is 5.89. The van der Waals surface area contributed by atoms with Gasteiger partial charge in [-0.15, -0.1) is 0 Å². The highest BCUT2D eigenvalue weighted by Gasteiger charge is 2.18. The van der Waals surface area contributed by atoms with Crippen LogP contribution < -0.4 is 24.3 Å². The molecule has 1 aromatic heterocycles. The number of ether oxygens (including phenoxy) is 3. The predicted octanol–water partition coefficient (Wildman–Crippen LogP) is -0.0279. The lowest BCUT2D eigenvalue weighted by Crippen LogP contribution is -2.28. The Morgan fingerprint density at radius 3 is 2.35 bits per heavy atom. The molecule has 0 unspecified atom stereocenters. The van der Waals surface area contributed by atoms with Crippen LogP contribution in [0.5, 0.6) is 17.2 Å². The summed E-state index contributed by atoms with van der Waals surface area (Å²) in [7, 11) is 4.60. The lowest BCUT2D eigenvalue weighted by molar-refractivity contribution is -0.362. The van der Waals surface area contributed by atoms with Crippen LogP contribution in [-0.4, -0.2) is 27.3 Å². The van der Waals surface area contributed by atoms with Crippen molar-refractivity contribution in [1.29, 1.82) is 0 Å². The molecule has 1 N–H and O–H groups in total. The average molecular weight is 277 g/mol. The lowest BCUT2D eigenvalue weighted by Gasteiger charge is -2.09. The predicted molar refractivity (Wildman–Crippen MR) is 68.9 cm³/mol. The molecule has 0 saturated carbocycles. The molecule has 0 aliphatic carbocycles. The molecule has 1 heterocycles. The van der Waals surface area contributed by atoms with Gasteiger partial charge in [-0.25, -0.2) is 4.98 Å². The number of hydrogen-bond donors (Lipinski definition) is 0. The zero-order chi connectivity index (χ0) is 14.7. The molecule has 0 saturated heterocycles. The van der Waals surface area contributed by atoms with Gasteiger partial charge in [0.25, 0.3) is 5.52 Å². The largest absolute Gasteiger partial charge is 0.550 e. The molecule has 2 aromatic rings. The first-order chi connectivity index (χ1) is 9.58. The van der Waals surface area contributed by atoms with E-state index in [2.05, 4.69) is 4.98 Å². The number of nitrogens with one attached hydrogen (secondary N) is 1. The van der Waals surface area contributed by atoms with E-state index in [9.17, 15) is 9.90 Å². The number of carboxylic acid groups (broad SMARTS) is 1. The van der Waals surface area contributed by atoms with Crippen molar-refractivity contribution in [3.63, 3.8) is 0 Å². The number of rotatable bonds is 5. The Balaban J connectivity index is 2.72. The fourth-order valence-corrected chi connectivity index (χ4v) is 2.04. The second-order valence-electron chi connectivity index (χ2n) is 4.16. The van der Waals surface area contributed by atoms with Gasteiger partial charge in [0.1, 0.15) is 11.5 Å². The Bertz CT molecular complexity index is 654.